The van der Waals surface area contributed by atoms with Gasteiger partial charge in [-0.3, -0.25) is 0 Å². The number of benzene rings is 1. The van der Waals surface area contributed by atoms with Gasteiger partial charge in [0.25, 0.3) is 0 Å². The lowest BCUT2D eigenvalue weighted by atomic mass is 10.3. The van der Waals surface area contributed by atoms with Crippen LogP contribution in [0, 0.1) is 0 Å². The van der Waals surface area contributed by atoms with E-state index < -0.39 is 0 Å². The van der Waals surface area contributed by atoms with E-state index in [0.29, 0.717) is 0 Å². The number of likely N-dealkylation sites (tertiary alicyclic amines) is 1. The van der Waals surface area contributed by atoms with E-state index in [9.17, 15) is 0 Å². The molecule has 1 fully saturated rings. The second-order valence-corrected chi connectivity index (χ2v) is 3.97. The summed E-state index contributed by atoms with van der Waals surface area (Å²) in [6, 6.07) is 7.63. The summed E-state index contributed by atoms with van der Waals surface area (Å²) >= 11 is 5.80. The van der Waals surface area contributed by atoms with E-state index in [-0.39, 0.29) is 0 Å². The molecule has 1 aliphatic heterocycles. The monoisotopic (exact) mass is 208 g/mol. The number of nitrogens with zero attached hydrogens (tertiary/aromatic N) is 2. The molecule has 1 aromatic carbocycles. The summed E-state index contributed by atoms with van der Waals surface area (Å²) in [4.78, 5) is 6.77. The third kappa shape index (κ3) is 2.07. The Morgan fingerprint density at radius 2 is 2.00 bits per heavy atom. The molecule has 0 unspecified atom stereocenters. The molecule has 0 atom stereocenters. The maximum absolute atomic E-state index is 5.80. The number of rotatable bonds is 1. The van der Waals surface area contributed by atoms with E-state index in [1.807, 2.05) is 24.3 Å². The molecule has 74 valence electrons. The van der Waals surface area contributed by atoms with Crippen LogP contribution < -0.4 is 0 Å². The van der Waals surface area contributed by atoms with E-state index in [4.69, 9.17) is 11.6 Å². The second-order valence-electron chi connectivity index (χ2n) is 3.53. The molecular weight excluding hydrogens is 196 g/mol. The smallest absolute Gasteiger partial charge is 0.105 e. The molecule has 1 heterocycles. The van der Waals surface area contributed by atoms with Gasteiger partial charge in [-0.15, -0.1) is 0 Å². The van der Waals surface area contributed by atoms with Crippen LogP contribution in [0.2, 0.25) is 5.02 Å². The predicted octanol–water partition coefficient (Wildman–Crippen LogP) is 3.10. The molecular formula is C11H13ClN2. The van der Waals surface area contributed by atoms with Gasteiger partial charge >= 0.3 is 0 Å². The Morgan fingerprint density at radius 1 is 1.29 bits per heavy atom. The SMILES string of the molecule is CN1CCCC1=Nc1ccc(Cl)cc1. The third-order valence-corrected chi connectivity index (χ3v) is 2.67. The highest BCUT2D eigenvalue weighted by Crippen LogP contribution is 2.19. The lowest BCUT2D eigenvalue weighted by Gasteiger charge is -2.10. The lowest BCUT2D eigenvalue weighted by Crippen LogP contribution is -2.18. The van der Waals surface area contributed by atoms with Crippen LogP contribution in [0.3, 0.4) is 0 Å². The number of amidine groups is 1. The van der Waals surface area contributed by atoms with Crippen LogP contribution in [0.1, 0.15) is 12.8 Å². The summed E-state index contributed by atoms with van der Waals surface area (Å²) in [5.41, 5.74) is 0.984. The predicted molar refractivity (Wildman–Crippen MR) is 60.4 cm³/mol. The average molecular weight is 209 g/mol. The van der Waals surface area contributed by atoms with Crippen molar-refractivity contribution in [3.8, 4) is 0 Å². The molecule has 0 N–H and O–H groups in total. The van der Waals surface area contributed by atoms with Crippen LogP contribution in [0.25, 0.3) is 0 Å². The van der Waals surface area contributed by atoms with Crippen LogP contribution in [-0.2, 0) is 0 Å². The first-order valence-corrected chi connectivity index (χ1v) is 5.18. The van der Waals surface area contributed by atoms with E-state index >= 15 is 0 Å². The number of halogens is 1. The van der Waals surface area contributed by atoms with Gasteiger partial charge < -0.3 is 4.90 Å². The Labute approximate surface area is 89.2 Å². The Morgan fingerprint density at radius 3 is 2.57 bits per heavy atom. The Bertz CT molecular complexity index is 343. The van der Waals surface area contributed by atoms with Crippen molar-refractivity contribution in [1.29, 1.82) is 0 Å². The van der Waals surface area contributed by atoms with E-state index in [0.717, 1.165) is 23.7 Å². The zero-order valence-electron chi connectivity index (χ0n) is 8.20. The molecule has 2 rings (SSSR count). The Hall–Kier alpha value is -1.02. The first kappa shape index (κ1) is 9.53. The number of aliphatic imine (C=N–C) groups is 1. The first-order valence-electron chi connectivity index (χ1n) is 4.80. The molecule has 14 heavy (non-hydrogen) atoms. The van der Waals surface area contributed by atoms with E-state index in [2.05, 4.69) is 16.9 Å². The topological polar surface area (TPSA) is 15.6 Å². The summed E-state index contributed by atoms with van der Waals surface area (Å²) in [5, 5.41) is 0.758. The van der Waals surface area contributed by atoms with E-state index in [1.54, 1.807) is 0 Å². The van der Waals surface area contributed by atoms with Crippen molar-refractivity contribution >= 4 is 23.1 Å². The minimum absolute atomic E-state index is 0.758. The average Bonchev–Trinajstić information content (AvgIpc) is 2.56. The third-order valence-electron chi connectivity index (χ3n) is 2.42. The zero-order valence-corrected chi connectivity index (χ0v) is 8.96. The highest BCUT2D eigenvalue weighted by atomic mass is 35.5. The Kier molecular flexibility index (Phi) is 2.73. The standard InChI is InChI=1S/C11H13ClN2/c1-14-8-2-3-11(14)13-10-6-4-9(12)5-7-10/h4-7H,2-3,8H2,1H3. The maximum atomic E-state index is 5.80. The van der Waals surface area contributed by atoms with Gasteiger partial charge in [0, 0.05) is 25.0 Å². The van der Waals surface area contributed by atoms with Crippen LogP contribution >= 0.6 is 11.6 Å². The summed E-state index contributed by atoms with van der Waals surface area (Å²) in [6.45, 7) is 1.12. The van der Waals surface area contributed by atoms with Crippen LogP contribution in [0.4, 0.5) is 5.69 Å². The van der Waals surface area contributed by atoms with Crippen molar-refractivity contribution in [1.82, 2.24) is 4.90 Å². The molecule has 0 radical (unpaired) electrons. The molecule has 1 aliphatic rings. The molecule has 2 nitrogen and oxygen atoms in total. The quantitative estimate of drug-likeness (QED) is 0.693. The van der Waals surface area contributed by atoms with Crippen molar-refractivity contribution < 1.29 is 0 Å². The van der Waals surface area contributed by atoms with Crippen molar-refractivity contribution in [2.24, 2.45) is 4.99 Å². The highest BCUT2D eigenvalue weighted by Gasteiger charge is 2.13. The maximum Gasteiger partial charge on any atom is 0.105 e. The van der Waals surface area contributed by atoms with Crippen molar-refractivity contribution in [3.05, 3.63) is 29.3 Å². The number of hydrogen-bond donors (Lipinski definition) is 0. The van der Waals surface area contributed by atoms with Gasteiger partial charge in [0.1, 0.15) is 5.84 Å². The van der Waals surface area contributed by atoms with Gasteiger partial charge in [0.15, 0.2) is 0 Å². The molecule has 1 saturated heterocycles. The van der Waals surface area contributed by atoms with Gasteiger partial charge in [-0.05, 0) is 30.7 Å². The second kappa shape index (κ2) is 4.01. The summed E-state index contributed by atoms with van der Waals surface area (Å²) in [5.74, 6) is 1.17. The molecule has 0 saturated carbocycles. The van der Waals surface area contributed by atoms with Crippen molar-refractivity contribution in [2.45, 2.75) is 12.8 Å². The molecule has 1 aromatic rings. The molecule has 0 aromatic heterocycles. The van der Waals surface area contributed by atoms with Gasteiger partial charge in [-0.1, -0.05) is 11.6 Å². The minimum Gasteiger partial charge on any atom is -0.363 e. The Balaban J connectivity index is 2.20. The van der Waals surface area contributed by atoms with Crippen LogP contribution in [0.15, 0.2) is 29.3 Å². The normalized spacial score (nSPS) is 19.3. The highest BCUT2D eigenvalue weighted by molar-refractivity contribution is 6.30. The molecule has 0 bridgehead atoms. The first-order chi connectivity index (χ1) is 6.75. The summed E-state index contributed by atoms with van der Waals surface area (Å²) < 4.78 is 0. The summed E-state index contributed by atoms with van der Waals surface area (Å²) in [7, 11) is 2.09. The molecule has 3 heteroatoms. The number of hydrogen-bond acceptors (Lipinski definition) is 1. The van der Waals surface area contributed by atoms with Gasteiger partial charge in [0.2, 0.25) is 0 Å². The van der Waals surface area contributed by atoms with Gasteiger partial charge in [0.05, 0.1) is 5.69 Å². The van der Waals surface area contributed by atoms with Crippen LogP contribution in [0.5, 0.6) is 0 Å². The lowest BCUT2D eigenvalue weighted by molar-refractivity contribution is 0.550. The van der Waals surface area contributed by atoms with Gasteiger partial charge in [-0.2, -0.15) is 0 Å². The van der Waals surface area contributed by atoms with Crippen molar-refractivity contribution in [3.63, 3.8) is 0 Å². The van der Waals surface area contributed by atoms with Crippen molar-refractivity contribution in [2.75, 3.05) is 13.6 Å². The zero-order chi connectivity index (χ0) is 9.97. The molecule has 0 aliphatic carbocycles. The van der Waals surface area contributed by atoms with Gasteiger partial charge in [-0.25, -0.2) is 4.99 Å². The van der Waals surface area contributed by atoms with E-state index in [1.165, 1.54) is 12.3 Å². The minimum atomic E-state index is 0.758. The fraction of sp³-hybridized carbons (Fsp3) is 0.364. The fourth-order valence-electron chi connectivity index (χ4n) is 1.60. The summed E-state index contributed by atoms with van der Waals surface area (Å²) in [6.07, 6.45) is 2.29. The fourth-order valence-corrected chi connectivity index (χ4v) is 1.73. The molecule has 0 amide bonds. The molecule has 0 spiro atoms. The van der Waals surface area contributed by atoms with Crippen LogP contribution in [-0.4, -0.2) is 24.3 Å². The largest absolute Gasteiger partial charge is 0.363 e.